The van der Waals surface area contributed by atoms with Crippen LogP contribution in [0.5, 0.6) is 0 Å². The molecule has 0 aromatic heterocycles. The zero-order valence-electron chi connectivity index (χ0n) is 9.45. The minimum absolute atomic E-state index is 0.190. The third-order valence-electron chi connectivity index (χ3n) is 3.39. The van der Waals surface area contributed by atoms with Crippen LogP contribution in [-0.2, 0) is 0 Å². The number of nitrogens with two attached hydrogens (primary N) is 1. The SMILES string of the molecule is NCC1CCCCC1Nc1cccc(F)c1. The Hall–Kier alpha value is -1.09. The van der Waals surface area contributed by atoms with Crippen LogP contribution in [0.2, 0.25) is 0 Å². The summed E-state index contributed by atoms with van der Waals surface area (Å²) < 4.78 is 13.0. The third-order valence-corrected chi connectivity index (χ3v) is 3.39. The molecule has 0 saturated heterocycles. The summed E-state index contributed by atoms with van der Waals surface area (Å²) in [4.78, 5) is 0. The van der Waals surface area contributed by atoms with Gasteiger partial charge in [-0.05, 0) is 43.5 Å². The lowest BCUT2D eigenvalue weighted by Crippen LogP contribution is -2.36. The number of nitrogens with one attached hydrogen (secondary N) is 1. The van der Waals surface area contributed by atoms with Crippen LogP contribution in [-0.4, -0.2) is 12.6 Å². The van der Waals surface area contributed by atoms with Crippen LogP contribution in [0.1, 0.15) is 25.7 Å². The summed E-state index contributed by atoms with van der Waals surface area (Å²) in [6.45, 7) is 0.715. The van der Waals surface area contributed by atoms with E-state index in [1.807, 2.05) is 6.07 Å². The van der Waals surface area contributed by atoms with Crippen molar-refractivity contribution in [3.8, 4) is 0 Å². The molecule has 88 valence electrons. The summed E-state index contributed by atoms with van der Waals surface area (Å²) >= 11 is 0. The first-order valence-electron chi connectivity index (χ1n) is 6.02. The van der Waals surface area contributed by atoms with Crippen molar-refractivity contribution in [1.82, 2.24) is 0 Å². The van der Waals surface area contributed by atoms with Crippen LogP contribution in [0, 0.1) is 11.7 Å². The Bertz CT molecular complexity index is 340. The van der Waals surface area contributed by atoms with Crippen molar-refractivity contribution < 1.29 is 4.39 Å². The van der Waals surface area contributed by atoms with Gasteiger partial charge in [0.1, 0.15) is 5.82 Å². The summed E-state index contributed by atoms with van der Waals surface area (Å²) in [6.07, 6.45) is 4.83. The monoisotopic (exact) mass is 222 g/mol. The molecule has 0 heterocycles. The van der Waals surface area contributed by atoms with E-state index in [4.69, 9.17) is 5.73 Å². The van der Waals surface area contributed by atoms with Gasteiger partial charge in [-0.1, -0.05) is 18.9 Å². The Morgan fingerprint density at radius 1 is 1.31 bits per heavy atom. The standard InChI is InChI=1S/C13H19FN2/c14-11-5-3-6-12(8-11)16-13-7-2-1-4-10(13)9-15/h3,5-6,8,10,13,16H,1-2,4,7,9,15H2. The first kappa shape index (κ1) is 11.4. The van der Waals surface area contributed by atoms with E-state index in [2.05, 4.69) is 5.32 Å². The van der Waals surface area contributed by atoms with Crippen molar-refractivity contribution in [3.63, 3.8) is 0 Å². The summed E-state index contributed by atoms with van der Waals surface area (Å²) in [5.41, 5.74) is 6.63. The first-order valence-corrected chi connectivity index (χ1v) is 6.02. The third kappa shape index (κ3) is 2.73. The van der Waals surface area contributed by atoms with Gasteiger partial charge >= 0.3 is 0 Å². The normalized spacial score (nSPS) is 25.4. The number of hydrogen-bond acceptors (Lipinski definition) is 2. The Balaban J connectivity index is 2.02. The maximum Gasteiger partial charge on any atom is 0.125 e. The van der Waals surface area contributed by atoms with Gasteiger partial charge < -0.3 is 11.1 Å². The maximum atomic E-state index is 13.0. The van der Waals surface area contributed by atoms with Crippen molar-refractivity contribution in [2.75, 3.05) is 11.9 Å². The second-order valence-corrected chi connectivity index (χ2v) is 4.54. The number of benzene rings is 1. The maximum absolute atomic E-state index is 13.0. The highest BCUT2D eigenvalue weighted by atomic mass is 19.1. The summed E-state index contributed by atoms with van der Waals surface area (Å²) in [7, 11) is 0. The fourth-order valence-electron chi connectivity index (χ4n) is 2.47. The molecule has 2 unspecified atom stereocenters. The van der Waals surface area contributed by atoms with Crippen LogP contribution >= 0.6 is 0 Å². The van der Waals surface area contributed by atoms with Gasteiger partial charge in [0, 0.05) is 11.7 Å². The molecule has 1 fully saturated rings. The Kier molecular flexibility index (Phi) is 3.78. The van der Waals surface area contributed by atoms with Gasteiger partial charge in [0.2, 0.25) is 0 Å². The molecule has 1 aliphatic rings. The van der Waals surface area contributed by atoms with Gasteiger partial charge in [0.05, 0.1) is 0 Å². The predicted molar refractivity (Wildman–Crippen MR) is 64.8 cm³/mol. The van der Waals surface area contributed by atoms with Crippen molar-refractivity contribution >= 4 is 5.69 Å². The first-order chi connectivity index (χ1) is 7.79. The molecule has 3 N–H and O–H groups in total. The van der Waals surface area contributed by atoms with E-state index in [0.29, 0.717) is 18.5 Å². The highest BCUT2D eigenvalue weighted by Gasteiger charge is 2.23. The van der Waals surface area contributed by atoms with Crippen LogP contribution in [0.3, 0.4) is 0 Å². The van der Waals surface area contributed by atoms with Gasteiger partial charge in [-0.3, -0.25) is 0 Å². The molecule has 1 saturated carbocycles. The topological polar surface area (TPSA) is 38.0 Å². The minimum atomic E-state index is -0.190. The number of halogens is 1. The van der Waals surface area contributed by atoms with E-state index in [-0.39, 0.29) is 5.82 Å². The van der Waals surface area contributed by atoms with E-state index in [1.165, 1.54) is 25.3 Å². The molecule has 3 heteroatoms. The molecule has 2 nitrogen and oxygen atoms in total. The lowest BCUT2D eigenvalue weighted by molar-refractivity contribution is 0.332. The van der Waals surface area contributed by atoms with Crippen molar-refractivity contribution in [2.24, 2.45) is 11.7 Å². The fraction of sp³-hybridized carbons (Fsp3) is 0.538. The summed E-state index contributed by atoms with van der Waals surface area (Å²) in [5.74, 6) is 0.335. The molecule has 1 aromatic carbocycles. The van der Waals surface area contributed by atoms with Gasteiger partial charge in [-0.15, -0.1) is 0 Å². The molecular formula is C13H19FN2. The number of anilines is 1. The zero-order chi connectivity index (χ0) is 11.4. The fourth-order valence-corrected chi connectivity index (χ4v) is 2.47. The molecule has 0 aliphatic heterocycles. The van der Waals surface area contributed by atoms with Gasteiger partial charge in [-0.2, -0.15) is 0 Å². The average Bonchev–Trinajstić information content (AvgIpc) is 2.30. The zero-order valence-corrected chi connectivity index (χ0v) is 9.45. The van der Waals surface area contributed by atoms with Gasteiger partial charge in [0.25, 0.3) is 0 Å². The lowest BCUT2D eigenvalue weighted by Gasteiger charge is -2.32. The highest BCUT2D eigenvalue weighted by molar-refractivity contribution is 5.44. The Morgan fingerprint density at radius 2 is 2.12 bits per heavy atom. The van der Waals surface area contributed by atoms with Crippen molar-refractivity contribution in [2.45, 2.75) is 31.7 Å². The second-order valence-electron chi connectivity index (χ2n) is 4.54. The Morgan fingerprint density at radius 3 is 2.88 bits per heavy atom. The second kappa shape index (κ2) is 5.30. The van der Waals surface area contributed by atoms with E-state index in [9.17, 15) is 4.39 Å². The average molecular weight is 222 g/mol. The number of rotatable bonds is 3. The molecule has 0 bridgehead atoms. The van der Waals surface area contributed by atoms with E-state index >= 15 is 0 Å². The minimum Gasteiger partial charge on any atom is -0.382 e. The molecule has 0 amide bonds. The molecule has 16 heavy (non-hydrogen) atoms. The molecule has 0 spiro atoms. The molecule has 2 atom stereocenters. The quantitative estimate of drug-likeness (QED) is 0.825. The summed E-state index contributed by atoms with van der Waals surface area (Å²) in [6, 6.07) is 7.05. The van der Waals surface area contributed by atoms with E-state index < -0.39 is 0 Å². The molecule has 0 radical (unpaired) electrons. The summed E-state index contributed by atoms with van der Waals surface area (Å²) in [5, 5.41) is 3.40. The van der Waals surface area contributed by atoms with Gasteiger partial charge in [0.15, 0.2) is 0 Å². The number of hydrogen-bond donors (Lipinski definition) is 2. The largest absolute Gasteiger partial charge is 0.382 e. The van der Waals surface area contributed by atoms with Crippen molar-refractivity contribution in [1.29, 1.82) is 0 Å². The van der Waals surface area contributed by atoms with Gasteiger partial charge in [-0.25, -0.2) is 4.39 Å². The molecule has 1 aromatic rings. The lowest BCUT2D eigenvalue weighted by atomic mass is 9.84. The molecular weight excluding hydrogens is 203 g/mol. The van der Waals surface area contributed by atoms with E-state index in [1.54, 1.807) is 12.1 Å². The molecule has 1 aliphatic carbocycles. The highest BCUT2D eigenvalue weighted by Crippen LogP contribution is 2.26. The van der Waals surface area contributed by atoms with Crippen molar-refractivity contribution in [3.05, 3.63) is 30.1 Å². The smallest absolute Gasteiger partial charge is 0.125 e. The molecule has 2 rings (SSSR count). The van der Waals surface area contributed by atoms with E-state index in [0.717, 1.165) is 12.1 Å². The van der Waals surface area contributed by atoms with Crippen LogP contribution in [0.15, 0.2) is 24.3 Å². The predicted octanol–water partition coefficient (Wildman–Crippen LogP) is 2.76. The van der Waals surface area contributed by atoms with Crippen LogP contribution in [0.25, 0.3) is 0 Å². The van der Waals surface area contributed by atoms with Crippen LogP contribution < -0.4 is 11.1 Å². The van der Waals surface area contributed by atoms with Crippen LogP contribution in [0.4, 0.5) is 10.1 Å². The Labute approximate surface area is 96.0 Å².